The van der Waals surface area contributed by atoms with E-state index >= 15 is 0 Å². The van der Waals surface area contributed by atoms with Gasteiger partial charge in [-0.25, -0.2) is 0 Å². The highest BCUT2D eigenvalue weighted by molar-refractivity contribution is 5.92. The lowest BCUT2D eigenvalue weighted by atomic mass is 10.0. The Morgan fingerprint density at radius 1 is 1.36 bits per heavy atom. The Morgan fingerprint density at radius 3 is 2.77 bits per heavy atom. The van der Waals surface area contributed by atoms with E-state index in [4.69, 9.17) is 0 Å². The number of pyridine rings is 1. The molecule has 0 aliphatic carbocycles. The minimum Gasteiger partial charge on any atom is -0.333 e. The Hall–Kier alpha value is -2.17. The molecule has 1 amide bonds. The molecule has 5 heteroatoms. The topological polar surface area (TPSA) is 51.0 Å². The summed E-state index contributed by atoms with van der Waals surface area (Å²) >= 11 is 0. The summed E-state index contributed by atoms with van der Waals surface area (Å²) in [7, 11) is 1.85. The van der Waals surface area contributed by atoms with Gasteiger partial charge in [0.05, 0.1) is 6.04 Å². The van der Waals surface area contributed by atoms with Crippen LogP contribution in [0.5, 0.6) is 0 Å². The van der Waals surface area contributed by atoms with E-state index < -0.39 is 0 Å². The van der Waals surface area contributed by atoms with Crippen molar-refractivity contribution < 1.29 is 4.79 Å². The van der Waals surface area contributed by atoms with Gasteiger partial charge in [0.1, 0.15) is 5.69 Å². The Kier molecular flexibility index (Phi) is 5.69. The van der Waals surface area contributed by atoms with Crippen LogP contribution < -0.4 is 0 Å². The van der Waals surface area contributed by atoms with E-state index in [1.807, 2.05) is 38.5 Å². The molecular formula is C17H24N4O. The van der Waals surface area contributed by atoms with Crippen molar-refractivity contribution in [1.82, 2.24) is 19.7 Å². The lowest BCUT2D eigenvalue weighted by molar-refractivity contribution is 0.0713. The standard InChI is InChI=1S/C17H24N4O/c1-4-6-9-16(14-8-7-11-18-13-14)20(3)17(22)15-10-12-21(5-2)19-15/h7-8,10-13,16H,4-6,9H2,1-3H3/t16-/m1/s1. The predicted octanol–water partition coefficient (Wildman–Crippen LogP) is 3.30. The second kappa shape index (κ2) is 7.73. The second-order valence-corrected chi connectivity index (χ2v) is 5.42. The molecule has 2 rings (SSSR count). The molecule has 1 atom stereocenters. The number of nitrogens with zero attached hydrogens (tertiary/aromatic N) is 4. The van der Waals surface area contributed by atoms with Gasteiger partial charge in [0.25, 0.3) is 5.91 Å². The maximum absolute atomic E-state index is 12.7. The number of hydrogen-bond acceptors (Lipinski definition) is 3. The van der Waals surface area contributed by atoms with Gasteiger partial charge in [0.2, 0.25) is 0 Å². The van der Waals surface area contributed by atoms with Crippen molar-refractivity contribution in [2.75, 3.05) is 7.05 Å². The lowest BCUT2D eigenvalue weighted by Crippen LogP contribution is -2.31. The molecule has 2 heterocycles. The highest BCUT2D eigenvalue weighted by Gasteiger charge is 2.24. The summed E-state index contributed by atoms with van der Waals surface area (Å²) in [6, 6.07) is 5.76. The van der Waals surface area contributed by atoms with Gasteiger partial charge in [-0.3, -0.25) is 14.5 Å². The second-order valence-electron chi connectivity index (χ2n) is 5.42. The molecule has 0 aromatic carbocycles. The Balaban J connectivity index is 2.20. The fraction of sp³-hybridized carbons (Fsp3) is 0.471. The molecule has 5 nitrogen and oxygen atoms in total. The zero-order chi connectivity index (χ0) is 15.9. The van der Waals surface area contributed by atoms with Gasteiger partial charge in [-0.2, -0.15) is 5.10 Å². The zero-order valence-electron chi connectivity index (χ0n) is 13.6. The van der Waals surface area contributed by atoms with E-state index in [9.17, 15) is 4.79 Å². The maximum Gasteiger partial charge on any atom is 0.274 e. The molecule has 0 fully saturated rings. The summed E-state index contributed by atoms with van der Waals surface area (Å²) in [5.74, 6) is -0.0443. The highest BCUT2D eigenvalue weighted by Crippen LogP contribution is 2.25. The van der Waals surface area contributed by atoms with Crippen LogP contribution in [-0.4, -0.2) is 32.6 Å². The first-order valence-electron chi connectivity index (χ1n) is 7.87. The molecule has 0 saturated heterocycles. The normalized spacial score (nSPS) is 12.1. The number of carbonyl (C=O) groups is 1. The van der Waals surface area contributed by atoms with E-state index in [1.165, 1.54) is 0 Å². The van der Waals surface area contributed by atoms with Gasteiger partial charge in [0, 0.05) is 32.2 Å². The lowest BCUT2D eigenvalue weighted by Gasteiger charge is -2.28. The quantitative estimate of drug-likeness (QED) is 0.788. The largest absolute Gasteiger partial charge is 0.333 e. The van der Waals surface area contributed by atoms with Gasteiger partial charge < -0.3 is 4.90 Å². The molecule has 0 aliphatic heterocycles. The summed E-state index contributed by atoms with van der Waals surface area (Å²) < 4.78 is 1.77. The summed E-state index contributed by atoms with van der Waals surface area (Å²) in [6.45, 7) is 4.93. The third-order valence-corrected chi connectivity index (χ3v) is 3.87. The Morgan fingerprint density at radius 2 is 2.18 bits per heavy atom. The van der Waals surface area contributed by atoms with E-state index in [2.05, 4.69) is 17.0 Å². The molecule has 0 N–H and O–H groups in total. The van der Waals surface area contributed by atoms with Crippen LogP contribution in [0, 0.1) is 0 Å². The number of carbonyl (C=O) groups excluding carboxylic acids is 1. The first-order valence-corrected chi connectivity index (χ1v) is 7.87. The minimum absolute atomic E-state index is 0.0351. The average molecular weight is 300 g/mol. The van der Waals surface area contributed by atoms with Crippen LogP contribution >= 0.6 is 0 Å². The van der Waals surface area contributed by atoms with Gasteiger partial charge in [-0.1, -0.05) is 25.8 Å². The van der Waals surface area contributed by atoms with Crippen LogP contribution in [-0.2, 0) is 6.54 Å². The molecule has 0 spiro atoms. The number of hydrogen-bond donors (Lipinski definition) is 0. The van der Waals surface area contributed by atoms with E-state index in [1.54, 1.807) is 21.8 Å². The smallest absolute Gasteiger partial charge is 0.274 e. The fourth-order valence-electron chi connectivity index (χ4n) is 2.53. The summed E-state index contributed by atoms with van der Waals surface area (Å²) in [6.07, 6.45) is 8.54. The zero-order valence-corrected chi connectivity index (χ0v) is 13.6. The van der Waals surface area contributed by atoms with Crippen LogP contribution in [0.4, 0.5) is 0 Å². The third kappa shape index (κ3) is 3.72. The fourth-order valence-corrected chi connectivity index (χ4v) is 2.53. The minimum atomic E-state index is -0.0443. The van der Waals surface area contributed by atoms with Crippen molar-refractivity contribution in [2.45, 2.75) is 45.7 Å². The van der Waals surface area contributed by atoms with E-state index in [0.717, 1.165) is 31.4 Å². The first-order chi connectivity index (χ1) is 10.7. The van der Waals surface area contributed by atoms with Crippen LogP contribution in [0.2, 0.25) is 0 Å². The number of rotatable bonds is 7. The molecule has 2 aromatic heterocycles. The van der Waals surface area contributed by atoms with Crippen molar-refractivity contribution in [3.05, 3.63) is 48.0 Å². The summed E-state index contributed by atoms with van der Waals surface area (Å²) in [5, 5.41) is 4.32. The van der Waals surface area contributed by atoms with Crippen molar-refractivity contribution in [1.29, 1.82) is 0 Å². The molecule has 0 unspecified atom stereocenters. The van der Waals surface area contributed by atoms with Crippen molar-refractivity contribution >= 4 is 5.91 Å². The predicted molar refractivity (Wildman–Crippen MR) is 86.5 cm³/mol. The van der Waals surface area contributed by atoms with Crippen molar-refractivity contribution in [3.8, 4) is 0 Å². The summed E-state index contributed by atoms with van der Waals surface area (Å²) in [5.41, 5.74) is 1.57. The monoisotopic (exact) mass is 300 g/mol. The molecule has 22 heavy (non-hydrogen) atoms. The SMILES string of the molecule is CCCC[C@H](c1cccnc1)N(C)C(=O)c1ccn(CC)n1. The van der Waals surface area contributed by atoms with Crippen LogP contribution in [0.3, 0.4) is 0 Å². The van der Waals surface area contributed by atoms with Gasteiger partial charge in [-0.15, -0.1) is 0 Å². The van der Waals surface area contributed by atoms with E-state index in [0.29, 0.717) is 5.69 Å². The molecule has 0 bridgehead atoms. The van der Waals surface area contributed by atoms with Gasteiger partial charge in [-0.05, 0) is 31.0 Å². The third-order valence-electron chi connectivity index (χ3n) is 3.87. The molecule has 118 valence electrons. The molecule has 0 radical (unpaired) electrons. The molecule has 0 aliphatic rings. The van der Waals surface area contributed by atoms with Crippen LogP contribution in [0.25, 0.3) is 0 Å². The number of amides is 1. The van der Waals surface area contributed by atoms with Crippen LogP contribution in [0.15, 0.2) is 36.8 Å². The first kappa shape index (κ1) is 16.2. The van der Waals surface area contributed by atoms with Crippen molar-refractivity contribution in [2.24, 2.45) is 0 Å². The maximum atomic E-state index is 12.7. The Labute approximate surface area is 132 Å². The Bertz CT molecular complexity index is 594. The molecule has 0 saturated carbocycles. The van der Waals surface area contributed by atoms with Crippen molar-refractivity contribution in [3.63, 3.8) is 0 Å². The number of aryl methyl sites for hydroxylation is 1. The van der Waals surface area contributed by atoms with Crippen LogP contribution in [0.1, 0.15) is 55.2 Å². The van der Waals surface area contributed by atoms with Gasteiger partial charge in [0.15, 0.2) is 0 Å². The van der Waals surface area contributed by atoms with E-state index in [-0.39, 0.29) is 11.9 Å². The number of aromatic nitrogens is 3. The van der Waals surface area contributed by atoms with Gasteiger partial charge >= 0.3 is 0 Å². The number of unbranched alkanes of at least 4 members (excludes halogenated alkanes) is 1. The average Bonchev–Trinajstić information content (AvgIpc) is 3.04. The molecule has 2 aromatic rings. The highest BCUT2D eigenvalue weighted by atomic mass is 16.2. The summed E-state index contributed by atoms with van der Waals surface area (Å²) in [4.78, 5) is 18.7. The molecular weight excluding hydrogens is 276 g/mol.